The van der Waals surface area contributed by atoms with Crippen molar-refractivity contribution in [3.05, 3.63) is 72.7 Å². The standard InChI is InChI=1S/C22H22N4O6S/c1-30-17-13-24-22(25-14-17)26-33(28,29)18-7-5-16(6-8-18)23-11-10-19(27)15-4-9-20(31-2)21(12-15)32-3/h4-14,23H,1-3H3,(H,24,25,26)/b11-10-. The number of nitrogens with zero attached hydrogens (tertiary/aromatic N) is 2. The Labute approximate surface area is 191 Å². The lowest BCUT2D eigenvalue weighted by atomic mass is 10.1. The van der Waals surface area contributed by atoms with Gasteiger partial charge in [-0.15, -0.1) is 0 Å². The first kappa shape index (κ1) is 23.5. The maximum atomic E-state index is 12.5. The summed E-state index contributed by atoms with van der Waals surface area (Å²) in [5, 5.41) is 2.93. The number of nitrogens with one attached hydrogen (secondary N) is 2. The van der Waals surface area contributed by atoms with E-state index in [-0.39, 0.29) is 16.6 Å². The van der Waals surface area contributed by atoms with Crippen molar-refractivity contribution >= 4 is 27.4 Å². The first-order chi connectivity index (χ1) is 15.9. The van der Waals surface area contributed by atoms with Crippen LogP contribution in [0.3, 0.4) is 0 Å². The second-order valence-corrected chi connectivity index (χ2v) is 8.17. The molecule has 10 nitrogen and oxygen atoms in total. The Morgan fingerprint density at radius 2 is 1.58 bits per heavy atom. The van der Waals surface area contributed by atoms with Gasteiger partial charge in [0.15, 0.2) is 23.0 Å². The van der Waals surface area contributed by atoms with Gasteiger partial charge in [-0.3, -0.25) is 4.79 Å². The second-order valence-electron chi connectivity index (χ2n) is 6.49. The van der Waals surface area contributed by atoms with Crippen LogP contribution in [0, 0.1) is 0 Å². The van der Waals surface area contributed by atoms with Gasteiger partial charge >= 0.3 is 0 Å². The minimum absolute atomic E-state index is 0.0258. The molecule has 0 fully saturated rings. The molecule has 11 heteroatoms. The minimum Gasteiger partial charge on any atom is -0.494 e. The summed E-state index contributed by atoms with van der Waals surface area (Å²) in [5.41, 5.74) is 1.02. The monoisotopic (exact) mass is 470 g/mol. The summed E-state index contributed by atoms with van der Waals surface area (Å²) in [7, 11) is 0.597. The molecule has 1 aromatic heterocycles. The third-order valence-corrected chi connectivity index (χ3v) is 5.75. The lowest BCUT2D eigenvalue weighted by molar-refractivity contribution is 0.104. The van der Waals surface area contributed by atoms with E-state index in [9.17, 15) is 13.2 Å². The molecule has 0 unspecified atom stereocenters. The summed E-state index contributed by atoms with van der Waals surface area (Å²) in [6.07, 6.45) is 5.53. The van der Waals surface area contributed by atoms with Crippen LogP contribution in [0.25, 0.3) is 0 Å². The zero-order valence-electron chi connectivity index (χ0n) is 18.1. The third kappa shape index (κ3) is 5.98. The van der Waals surface area contributed by atoms with Crippen LogP contribution < -0.4 is 24.2 Å². The number of ketones is 1. The molecule has 0 saturated heterocycles. The van der Waals surface area contributed by atoms with Crippen LogP contribution in [0.4, 0.5) is 11.6 Å². The van der Waals surface area contributed by atoms with Crippen molar-refractivity contribution in [1.82, 2.24) is 9.97 Å². The maximum absolute atomic E-state index is 12.5. The molecule has 3 rings (SSSR count). The zero-order valence-corrected chi connectivity index (χ0v) is 18.9. The van der Waals surface area contributed by atoms with Crippen LogP contribution in [-0.4, -0.2) is 45.5 Å². The number of methoxy groups -OCH3 is 3. The summed E-state index contributed by atoms with van der Waals surface area (Å²) >= 11 is 0. The lowest BCUT2D eigenvalue weighted by Gasteiger charge is -2.08. The minimum atomic E-state index is -3.87. The molecule has 33 heavy (non-hydrogen) atoms. The fourth-order valence-corrected chi connectivity index (χ4v) is 3.64. The predicted molar refractivity (Wildman–Crippen MR) is 122 cm³/mol. The molecule has 0 radical (unpaired) electrons. The Balaban J connectivity index is 1.63. The number of carbonyl (C=O) groups is 1. The van der Waals surface area contributed by atoms with Crippen molar-refractivity contribution in [1.29, 1.82) is 0 Å². The number of ether oxygens (including phenoxy) is 3. The fourth-order valence-electron chi connectivity index (χ4n) is 2.68. The van der Waals surface area contributed by atoms with Gasteiger partial charge in [0.25, 0.3) is 10.0 Å². The Kier molecular flexibility index (Phi) is 7.46. The largest absolute Gasteiger partial charge is 0.494 e. The number of allylic oxidation sites excluding steroid dienone is 1. The highest BCUT2D eigenvalue weighted by Crippen LogP contribution is 2.27. The van der Waals surface area contributed by atoms with E-state index in [1.807, 2.05) is 0 Å². The Morgan fingerprint density at radius 1 is 0.909 bits per heavy atom. The molecule has 0 spiro atoms. The number of benzene rings is 2. The predicted octanol–water partition coefficient (Wildman–Crippen LogP) is 3.11. The SMILES string of the molecule is COc1cnc(NS(=O)(=O)c2ccc(N/C=C\C(=O)c3ccc(OC)c(OC)c3)cc2)nc1. The number of hydrogen-bond acceptors (Lipinski definition) is 9. The quantitative estimate of drug-likeness (QED) is 0.339. The smallest absolute Gasteiger partial charge is 0.264 e. The summed E-state index contributed by atoms with van der Waals surface area (Å²) in [5.74, 6) is 1.07. The van der Waals surface area contributed by atoms with E-state index in [4.69, 9.17) is 14.2 Å². The van der Waals surface area contributed by atoms with Crippen LogP contribution in [0.2, 0.25) is 0 Å². The van der Waals surface area contributed by atoms with Gasteiger partial charge in [0.2, 0.25) is 5.95 Å². The highest BCUT2D eigenvalue weighted by atomic mass is 32.2. The molecule has 3 aromatic rings. The van der Waals surface area contributed by atoms with Gasteiger partial charge in [0.05, 0.1) is 38.6 Å². The van der Waals surface area contributed by atoms with Crippen LogP contribution in [-0.2, 0) is 10.0 Å². The van der Waals surface area contributed by atoms with Crippen LogP contribution in [0.15, 0.2) is 72.0 Å². The van der Waals surface area contributed by atoms with Crippen molar-refractivity contribution < 1.29 is 27.4 Å². The van der Waals surface area contributed by atoms with Crippen molar-refractivity contribution in [3.8, 4) is 17.2 Å². The molecule has 172 valence electrons. The Bertz CT molecular complexity index is 1240. The van der Waals surface area contributed by atoms with E-state index >= 15 is 0 Å². The van der Waals surface area contributed by atoms with Gasteiger partial charge in [0, 0.05) is 23.5 Å². The first-order valence-electron chi connectivity index (χ1n) is 9.54. The molecular weight excluding hydrogens is 448 g/mol. The van der Waals surface area contributed by atoms with E-state index in [0.717, 1.165) is 0 Å². The highest BCUT2D eigenvalue weighted by molar-refractivity contribution is 7.92. The van der Waals surface area contributed by atoms with Crippen LogP contribution >= 0.6 is 0 Å². The topological polar surface area (TPSA) is 129 Å². The Morgan fingerprint density at radius 3 is 2.18 bits per heavy atom. The number of carbonyl (C=O) groups excluding carboxylic acids is 1. The van der Waals surface area contributed by atoms with E-state index in [1.165, 1.54) is 58.1 Å². The van der Waals surface area contributed by atoms with Gasteiger partial charge in [-0.25, -0.2) is 23.1 Å². The molecular formula is C22H22N4O6S. The van der Waals surface area contributed by atoms with Gasteiger partial charge in [-0.2, -0.15) is 0 Å². The maximum Gasteiger partial charge on any atom is 0.264 e. The van der Waals surface area contributed by atoms with Crippen molar-refractivity contribution in [2.24, 2.45) is 0 Å². The number of aromatic nitrogens is 2. The summed E-state index contributed by atoms with van der Waals surface area (Å²) in [6.45, 7) is 0. The summed E-state index contributed by atoms with van der Waals surface area (Å²) in [6, 6.07) is 10.8. The normalized spacial score (nSPS) is 11.1. The molecule has 0 saturated carbocycles. The molecule has 0 aliphatic heterocycles. The van der Waals surface area contributed by atoms with Gasteiger partial charge in [-0.1, -0.05) is 0 Å². The van der Waals surface area contributed by atoms with E-state index in [1.54, 1.807) is 30.3 Å². The van der Waals surface area contributed by atoms with Crippen molar-refractivity contribution in [2.45, 2.75) is 4.90 Å². The average Bonchev–Trinajstić information content (AvgIpc) is 2.84. The number of rotatable bonds is 10. The number of hydrogen-bond donors (Lipinski definition) is 2. The van der Waals surface area contributed by atoms with E-state index in [0.29, 0.717) is 28.5 Å². The van der Waals surface area contributed by atoms with Crippen molar-refractivity contribution in [2.75, 3.05) is 31.4 Å². The number of sulfonamides is 1. The molecule has 0 aliphatic rings. The third-order valence-electron chi connectivity index (χ3n) is 4.41. The fraction of sp³-hybridized carbons (Fsp3) is 0.136. The van der Waals surface area contributed by atoms with Gasteiger partial charge < -0.3 is 19.5 Å². The van der Waals surface area contributed by atoms with Gasteiger partial charge in [-0.05, 0) is 42.5 Å². The molecule has 0 atom stereocenters. The first-order valence-corrected chi connectivity index (χ1v) is 11.0. The zero-order chi connectivity index (χ0) is 23.8. The average molecular weight is 471 g/mol. The Hall–Kier alpha value is -4.12. The van der Waals surface area contributed by atoms with Crippen molar-refractivity contribution in [3.63, 3.8) is 0 Å². The molecule has 2 N–H and O–H groups in total. The number of anilines is 2. The van der Waals surface area contributed by atoms with Crippen LogP contribution in [0.5, 0.6) is 17.2 Å². The summed E-state index contributed by atoms with van der Waals surface area (Å²) in [4.78, 5) is 20.2. The molecule has 0 bridgehead atoms. The van der Waals surface area contributed by atoms with Gasteiger partial charge in [0.1, 0.15) is 0 Å². The molecule has 1 heterocycles. The molecule has 0 amide bonds. The molecule has 0 aliphatic carbocycles. The lowest BCUT2D eigenvalue weighted by Crippen LogP contribution is -2.15. The highest BCUT2D eigenvalue weighted by Gasteiger charge is 2.15. The second kappa shape index (κ2) is 10.5. The van der Waals surface area contributed by atoms with Crippen LogP contribution in [0.1, 0.15) is 10.4 Å². The molecule has 2 aromatic carbocycles. The van der Waals surface area contributed by atoms with E-state index in [2.05, 4.69) is 20.0 Å². The van der Waals surface area contributed by atoms with E-state index < -0.39 is 10.0 Å². The summed E-state index contributed by atoms with van der Waals surface area (Å²) < 4.78 is 42.6.